The van der Waals surface area contributed by atoms with Crippen LogP contribution in [-0.4, -0.2) is 22.1 Å². The van der Waals surface area contributed by atoms with Gasteiger partial charge in [0.2, 0.25) is 0 Å². The van der Waals surface area contributed by atoms with Crippen LogP contribution in [0.4, 0.5) is 0 Å². The summed E-state index contributed by atoms with van der Waals surface area (Å²) in [5, 5.41) is -0.0255. The highest BCUT2D eigenvalue weighted by atomic mass is 35.5. The van der Waals surface area contributed by atoms with Crippen LogP contribution in [0, 0.1) is 0 Å². The Hall–Kier alpha value is -0.800. The zero-order valence-electron chi connectivity index (χ0n) is 8.12. The molecule has 1 unspecified atom stereocenters. The van der Waals surface area contributed by atoms with Gasteiger partial charge in [0.1, 0.15) is 5.69 Å². The van der Waals surface area contributed by atoms with Crippen molar-refractivity contribution in [2.45, 2.75) is 18.2 Å². The second-order valence-corrected chi connectivity index (χ2v) is 4.13. The SMILES string of the molecule is NC(=O)c1ccc(CCC(Cl)CCl)cn1. The number of aryl methyl sites for hydroxylation is 1. The van der Waals surface area contributed by atoms with E-state index in [9.17, 15) is 4.79 Å². The summed E-state index contributed by atoms with van der Waals surface area (Å²) in [5.41, 5.74) is 6.37. The van der Waals surface area contributed by atoms with Crippen molar-refractivity contribution in [1.82, 2.24) is 4.98 Å². The quantitative estimate of drug-likeness (QED) is 0.808. The van der Waals surface area contributed by atoms with E-state index in [4.69, 9.17) is 28.9 Å². The lowest BCUT2D eigenvalue weighted by atomic mass is 10.1. The average molecular weight is 247 g/mol. The molecule has 82 valence electrons. The smallest absolute Gasteiger partial charge is 0.267 e. The first kappa shape index (κ1) is 12.3. The Bertz CT molecular complexity index is 327. The molecule has 0 bridgehead atoms. The number of nitrogens with two attached hydrogens (primary N) is 1. The van der Waals surface area contributed by atoms with Crippen molar-refractivity contribution in [3.05, 3.63) is 29.6 Å². The van der Waals surface area contributed by atoms with E-state index in [1.807, 2.05) is 6.07 Å². The van der Waals surface area contributed by atoms with Crippen LogP contribution in [-0.2, 0) is 6.42 Å². The molecule has 3 nitrogen and oxygen atoms in total. The van der Waals surface area contributed by atoms with E-state index in [0.29, 0.717) is 5.88 Å². The van der Waals surface area contributed by atoms with Gasteiger partial charge in [0.15, 0.2) is 0 Å². The molecule has 5 heteroatoms. The first-order chi connectivity index (χ1) is 7.13. The Kier molecular flexibility index (Phi) is 4.85. The van der Waals surface area contributed by atoms with Crippen LogP contribution in [0.15, 0.2) is 18.3 Å². The van der Waals surface area contributed by atoms with Crippen molar-refractivity contribution in [3.8, 4) is 0 Å². The molecule has 1 amide bonds. The number of hydrogen-bond acceptors (Lipinski definition) is 2. The standard InChI is InChI=1S/C10H12Cl2N2O/c11-5-8(12)3-1-7-2-4-9(10(13)15)14-6-7/h2,4,6,8H,1,3,5H2,(H2,13,15). The highest BCUT2D eigenvalue weighted by molar-refractivity contribution is 6.28. The molecule has 1 heterocycles. The Morgan fingerprint density at radius 1 is 1.53 bits per heavy atom. The van der Waals surface area contributed by atoms with Crippen molar-refractivity contribution in [2.75, 3.05) is 5.88 Å². The van der Waals surface area contributed by atoms with Gasteiger partial charge in [-0.1, -0.05) is 6.07 Å². The molecule has 1 atom stereocenters. The van der Waals surface area contributed by atoms with Crippen LogP contribution in [0.3, 0.4) is 0 Å². The fraction of sp³-hybridized carbons (Fsp3) is 0.400. The summed E-state index contributed by atoms with van der Waals surface area (Å²) in [6.45, 7) is 0. The van der Waals surface area contributed by atoms with Crippen LogP contribution in [0.2, 0.25) is 0 Å². The topological polar surface area (TPSA) is 56.0 Å². The number of pyridine rings is 1. The number of alkyl halides is 2. The minimum Gasteiger partial charge on any atom is -0.364 e. The monoisotopic (exact) mass is 246 g/mol. The van der Waals surface area contributed by atoms with Gasteiger partial charge < -0.3 is 5.73 Å². The molecule has 0 radical (unpaired) electrons. The second-order valence-electron chi connectivity index (χ2n) is 3.21. The van der Waals surface area contributed by atoms with Crippen molar-refractivity contribution in [2.24, 2.45) is 5.73 Å². The Morgan fingerprint density at radius 3 is 2.73 bits per heavy atom. The van der Waals surface area contributed by atoms with Crippen molar-refractivity contribution in [3.63, 3.8) is 0 Å². The van der Waals surface area contributed by atoms with Gasteiger partial charge in [-0.15, -0.1) is 23.2 Å². The molecule has 1 aromatic rings. The average Bonchev–Trinajstić information content (AvgIpc) is 2.26. The maximum Gasteiger partial charge on any atom is 0.267 e. The largest absolute Gasteiger partial charge is 0.364 e. The maximum atomic E-state index is 10.7. The second kappa shape index (κ2) is 5.93. The molecule has 0 spiro atoms. The number of aromatic nitrogens is 1. The molecule has 0 saturated heterocycles. The molecular formula is C10H12Cl2N2O. The third-order valence-electron chi connectivity index (χ3n) is 1.99. The minimum absolute atomic E-state index is 0.0255. The van der Waals surface area contributed by atoms with Crippen molar-refractivity contribution in [1.29, 1.82) is 0 Å². The molecular weight excluding hydrogens is 235 g/mol. The number of carbonyl (C=O) groups is 1. The first-order valence-corrected chi connectivity index (χ1v) is 5.55. The Balaban J connectivity index is 2.53. The number of hydrogen-bond donors (Lipinski definition) is 1. The minimum atomic E-state index is -0.516. The molecule has 0 saturated carbocycles. The molecule has 0 aliphatic carbocycles. The van der Waals surface area contributed by atoms with Gasteiger partial charge in [0.05, 0.1) is 0 Å². The zero-order chi connectivity index (χ0) is 11.3. The lowest BCUT2D eigenvalue weighted by molar-refractivity contribution is 0.0995. The van der Waals surface area contributed by atoms with Gasteiger partial charge in [0.25, 0.3) is 5.91 Å². The van der Waals surface area contributed by atoms with Crippen LogP contribution in [0.1, 0.15) is 22.5 Å². The highest BCUT2D eigenvalue weighted by Gasteiger charge is 2.05. The van der Waals surface area contributed by atoms with Crippen LogP contribution < -0.4 is 5.73 Å². The normalized spacial score (nSPS) is 12.4. The fourth-order valence-electron chi connectivity index (χ4n) is 1.12. The Morgan fingerprint density at radius 2 is 2.27 bits per heavy atom. The summed E-state index contributed by atoms with van der Waals surface area (Å²) in [6, 6.07) is 3.44. The van der Waals surface area contributed by atoms with E-state index in [2.05, 4.69) is 4.98 Å². The molecule has 0 fully saturated rings. The highest BCUT2D eigenvalue weighted by Crippen LogP contribution is 2.10. The van der Waals surface area contributed by atoms with E-state index in [1.165, 1.54) is 0 Å². The number of nitrogens with zero attached hydrogens (tertiary/aromatic N) is 1. The summed E-state index contributed by atoms with van der Waals surface area (Å²) in [7, 11) is 0. The molecule has 2 N–H and O–H groups in total. The van der Waals surface area contributed by atoms with Crippen molar-refractivity contribution >= 4 is 29.1 Å². The number of primary amides is 1. The number of halogens is 2. The van der Waals surface area contributed by atoms with Crippen LogP contribution in [0.5, 0.6) is 0 Å². The summed E-state index contributed by atoms with van der Waals surface area (Å²) < 4.78 is 0. The summed E-state index contributed by atoms with van der Waals surface area (Å²) in [5.74, 6) is -0.0773. The maximum absolute atomic E-state index is 10.7. The Labute approximate surface area is 98.6 Å². The van der Waals surface area contributed by atoms with E-state index >= 15 is 0 Å². The van der Waals surface area contributed by atoms with E-state index < -0.39 is 5.91 Å². The molecule has 1 rings (SSSR count). The first-order valence-electron chi connectivity index (χ1n) is 4.58. The lowest BCUT2D eigenvalue weighted by Gasteiger charge is -2.04. The van der Waals surface area contributed by atoms with Crippen LogP contribution in [0.25, 0.3) is 0 Å². The predicted molar refractivity (Wildman–Crippen MR) is 61.4 cm³/mol. The summed E-state index contributed by atoms with van der Waals surface area (Å²) in [6.07, 6.45) is 3.23. The van der Waals surface area contributed by atoms with Gasteiger partial charge in [-0.05, 0) is 24.5 Å². The van der Waals surface area contributed by atoms with E-state index in [-0.39, 0.29) is 11.1 Å². The summed E-state index contributed by atoms with van der Waals surface area (Å²) in [4.78, 5) is 14.7. The number of carbonyl (C=O) groups excluding carboxylic acids is 1. The number of rotatable bonds is 5. The molecule has 15 heavy (non-hydrogen) atoms. The predicted octanol–water partition coefficient (Wildman–Crippen LogP) is 1.96. The van der Waals surface area contributed by atoms with Gasteiger partial charge in [-0.3, -0.25) is 9.78 Å². The third kappa shape index (κ3) is 4.06. The number of amides is 1. The van der Waals surface area contributed by atoms with Gasteiger partial charge in [-0.25, -0.2) is 0 Å². The van der Waals surface area contributed by atoms with Gasteiger partial charge in [0, 0.05) is 17.5 Å². The van der Waals surface area contributed by atoms with E-state index in [0.717, 1.165) is 18.4 Å². The fourth-order valence-corrected chi connectivity index (χ4v) is 1.38. The molecule has 1 aromatic heterocycles. The molecule has 0 aliphatic heterocycles. The third-order valence-corrected chi connectivity index (χ3v) is 2.89. The van der Waals surface area contributed by atoms with Crippen LogP contribution >= 0.6 is 23.2 Å². The molecule has 0 aromatic carbocycles. The molecule has 0 aliphatic rings. The van der Waals surface area contributed by atoms with E-state index in [1.54, 1.807) is 12.3 Å². The lowest BCUT2D eigenvalue weighted by Crippen LogP contribution is -2.13. The van der Waals surface area contributed by atoms with Gasteiger partial charge >= 0.3 is 0 Å². The van der Waals surface area contributed by atoms with Crippen molar-refractivity contribution < 1.29 is 4.79 Å². The summed E-state index contributed by atoms with van der Waals surface area (Å²) >= 11 is 11.4. The van der Waals surface area contributed by atoms with Gasteiger partial charge in [-0.2, -0.15) is 0 Å². The zero-order valence-corrected chi connectivity index (χ0v) is 9.63.